The Morgan fingerprint density at radius 2 is 1.92 bits per heavy atom. The summed E-state index contributed by atoms with van der Waals surface area (Å²) >= 11 is 0. The van der Waals surface area contributed by atoms with Gasteiger partial charge in [-0.1, -0.05) is 48.6 Å². The maximum Gasteiger partial charge on any atom is 0.0411 e. The van der Waals surface area contributed by atoms with Crippen molar-refractivity contribution in [2.75, 3.05) is 0 Å². The van der Waals surface area contributed by atoms with Gasteiger partial charge in [0.1, 0.15) is 0 Å². The molecular formula is C11H13N. The maximum atomic E-state index is 5.62. The Kier molecular flexibility index (Phi) is 3.30. The molecule has 0 aliphatic carbocycles. The molecule has 0 bridgehead atoms. The number of nitrogens with two attached hydrogens (primary N) is 1. The van der Waals surface area contributed by atoms with Crippen LogP contribution in [0.2, 0.25) is 0 Å². The van der Waals surface area contributed by atoms with Gasteiger partial charge in [0.2, 0.25) is 0 Å². The standard InChI is InChI=1S/C11H13N/c1-2-11(12)9-8-10-6-4-3-5-7-10/h2-9,11H,1,12H2. The normalized spacial score (nSPS) is 13.1. The summed E-state index contributed by atoms with van der Waals surface area (Å²) in [5.41, 5.74) is 6.78. The van der Waals surface area contributed by atoms with Crippen molar-refractivity contribution in [2.45, 2.75) is 6.04 Å². The van der Waals surface area contributed by atoms with Gasteiger partial charge in [0.25, 0.3) is 0 Å². The van der Waals surface area contributed by atoms with Gasteiger partial charge in [-0.15, -0.1) is 6.58 Å². The highest BCUT2D eigenvalue weighted by Crippen LogP contribution is 2.01. The van der Waals surface area contributed by atoms with Crippen LogP contribution in [0.4, 0.5) is 0 Å². The quantitative estimate of drug-likeness (QED) is 0.672. The fourth-order valence-corrected chi connectivity index (χ4v) is 0.865. The van der Waals surface area contributed by atoms with Crippen LogP contribution in [-0.4, -0.2) is 6.04 Å². The SMILES string of the molecule is C=CC(N)C=Cc1ccccc1. The molecule has 1 unspecified atom stereocenters. The first-order valence-electron chi connectivity index (χ1n) is 3.94. The molecule has 62 valence electrons. The molecule has 0 saturated heterocycles. The molecule has 12 heavy (non-hydrogen) atoms. The second-order valence-electron chi connectivity index (χ2n) is 2.58. The van der Waals surface area contributed by atoms with Crippen LogP contribution in [0.1, 0.15) is 5.56 Å². The summed E-state index contributed by atoms with van der Waals surface area (Å²) in [6.07, 6.45) is 5.62. The van der Waals surface area contributed by atoms with E-state index in [9.17, 15) is 0 Å². The lowest BCUT2D eigenvalue weighted by molar-refractivity contribution is 1.04. The van der Waals surface area contributed by atoms with Crippen molar-refractivity contribution in [3.8, 4) is 0 Å². The summed E-state index contributed by atoms with van der Waals surface area (Å²) < 4.78 is 0. The Bertz CT molecular complexity index is 262. The van der Waals surface area contributed by atoms with Crippen LogP contribution >= 0.6 is 0 Å². The van der Waals surface area contributed by atoms with E-state index in [0.717, 1.165) is 5.56 Å². The van der Waals surface area contributed by atoms with E-state index in [0.29, 0.717) is 0 Å². The van der Waals surface area contributed by atoms with Crippen LogP contribution in [0.5, 0.6) is 0 Å². The van der Waals surface area contributed by atoms with Gasteiger partial charge in [-0.05, 0) is 5.56 Å². The monoisotopic (exact) mass is 159 g/mol. The minimum atomic E-state index is -0.0507. The van der Waals surface area contributed by atoms with E-state index < -0.39 is 0 Å². The molecule has 0 spiro atoms. The van der Waals surface area contributed by atoms with Crippen molar-refractivity contribution in [1.29, 1.82) is 0 Å². The number of benzene rings is 1. The zero-order valence-corrected chi connectivity index (χ0v) is 6.98. The van der Waals surface area contributed by atoms with Crippen LogP contribution in [0.3, 0.4) is 0 Å². The molecule has 1 aromatic rings. The van der Waals surface area contributed by atoms with Crippen molar-refractivity contribution in [3.63, 3.8) is 0 Å². The van der Waals surface area contributed by atoms with Crippen LogP contribution in [-0.2, 0) is 0 Å². The summed E-state index contributed by atoms with van der Waals surface area (Å²) in [4.78, 5) is 0. The summed E-state index contributed by atoms with van der Waals surface area (Å²) in [5, 5.41) is 0. The maximum absolute atomic E-state index is 5.62. The lowest BCUT2D eigenvalue weighted by Crippen LogP contribution is -2.11. The Morgan fingerprint density at radius 3 is 2.50 bits per heavy atom. The van der Waals surface area contributed by atoms with Crippen molar-refractivity contribution < 1.29 is 0 Å². The van der Waals surface area contributed by atoms with Gasteiger partial charge >= 0.3 is 0 Å². The molecular weight excluding hydrogens is 146 g/mol. The Balaban J connectivity index is 2.63. The molecule has 0 aliphatic heterocycles. The number of rotatable bonds is 3. The van der Waals surface area contributed by atoms with E-state index in [-0.39, 0.29) is 6.04 Å². The molecule has 0 radical (unpaired) electrons. The molecule has 0 aromatic heterocycles. The zero-order valence-electron chi connectivity index (χ0n) is 6.98. The third-order valence-electron chi connectivity index (χ3n) is 1.58. The number of hydrogen-bond acceptors (Lipinski definition) is 1. The van der Waals surface area contributed by atoms with Gasteiger partial charge in [0, 0.05) is 6.04 Å². The Morgan fingerprint density at radius 1 is 1.25 bits per heavy atom. The first kappa shape index (κ1) is 8.75. The zero-order chi connectivity index (χ0) is 8.81. The highest BCUT2D eigenvalue weighted by Gasteiger charge is 1.87. The van der Waals surface area contributed by atoms with Crippen molar-refractivity contribution in [3.05, 3.63) is 54.6 Å². The minimum absolute atomic E-state index is 0.0507. The van der Waals surface area contributed by atoms with E-state index in [1.807, 2.05) is 42.5 Å². The van der Waals surface area contributed by atoms with Gasteiger partial charge in [-0.3, -0.25) is 0 Å². The fourth-order valence-electron chi connectivity index (χ4n) is 0.865. The largest absolute Gasteiger partial charge is 0.321 e. The van der Waals surface area contributed by atoms with Crippen molar-refractivity contribution in [1.82, 2.24) is 0 Å². The summed E-state index contributed by atoms with van der Waals surface area (Å²) in [6, 6.07) is 10.0. The van der Waals surface area contributed by atoms with Gasteiger partial charge in [0.05, 0.1) is 0 Å². The summed E-state index contributed by atoms with van der Waals surface area (Å²) in [5.74, 6) is 0. The van der Waals surface area contributed by atoms with E-state index >= 15 is 0 Å². The predicted octanol–water partition coefficient (Wildman–Crippen LogP) is 2.21. The molecule has 1 nitrogen and oxygen atoms in total. The van der Waals surface area contributed by atoms with E-state index in [1.165, 1.54) is 0 Å². The second kappa shape index (κ2) is 4.52. The lowest BCUT2D eigenvalue weighted by Gasteiger charge is -1.96. The van der Waals surface area contributed by atoms with E-state index in [2.05, 4.69) is 6.58 Å². The third-order valence-corrected chi connectivity index (χ3v) is 1.58. The van der Waals surface area contributed by atoms with E-state index in [1.54, 1.807) is 6.08 Å². The van der Waals surface area contributed by atoms with Gasteiger partial charge in [0.15, 0.2) is 0 Å². The fraction of sp³-hybridized carbons (Fsp3) is 0.0909. The molecule has 0 saturated carbocycles. The highest BCUT2D eigenvalue weighted by atomic mass is 14.6. The van der Waals surface area contributed by atoms with Gasteiger partial charge in [-0.2, -0.15) is 0 Å². The first-order chi connectivity index (χ1) is 5.83. The Hall–Kier alpha value is -1.34. The molecule has 1 rings (SSSR count). The topological polar surface area (TPSA) is 26.0 Å². The molecule has 2 N–H and O–H groups in total. The third kappa shape index (κ3) is 2.72. The van der Waals surface area contributed by atoms with Crippen LogP contribution in [0, 0.1) is 0 Å². The Labute approximate surface area is 73.2 Å². The molecule has 0 aliphatic rings. The molecule has 1 heteroatoms. The van der Waals surface area contributed by atoms with Crippen LogP contribution < -0.4 is 5.73 Å². The minimum Gasteiger partial charge on any atom is -0.321 e. The summed E-state index contributed by atoms with van der Waals surface area (Å²) in [7, 11) is 0. The number of hydrogen-bond donors (Lipinski definition) is 1. The van der Waals surface area contributed by atoms with Crippen LogP contribution in [0.15, 0.2) is 49.1 Å². The van der Waals surface area contributed by atoms with Crippen molar-refractivity contribution >= 4 is 6.08 Å². The molecule has 1 atom stereocenters. The predicted molar refractivity (Wildman–Crippen MR) is 53.6 cm³/mol. The van der Waals surface area contributed by atoms with Crippen molar-refractivity contribution in [2.24, 2.45) is 5.73 Å². The molecule has 1 aromatic carbocycles. The molecule has 0 fully saturated rings. The molecule has 0 heterocycles. The second-order valence-corrected chi connectivity index (χ2v) is 2.58. The van der Waals surface area contributed by atoms with Crippen LogP contribution in [0.25, 0.3) is 6.08 Å². The smallest absolute Gasteiger partial charge is 0.0411 e. The molecule has 0 amide bonds. The first-order valence-corrected chi connectivity index (χ1v) is 3.94. The van der Waals surface area contributed by atoms with Gasteiger partial charge in [-0.25, -0.2) is 0 Å². The van der Waals surface area contributed by atoms with Gasteiger partial charge < -0.3 is 5.73 Å². The average Bonchev–Trinajstić information content (AvgIpc) is 2.16. The van der Waals surface area contributed by atoms with E-state index in [4.69, 9.17) is 5.73 Å². The highest BCUT2D eigenvalue weighted by molar-refractivity contribution is 5.49. The lowest BCUT2D eigenvalue weighted by atomic mass is 10.2. The summed E-state index contributed by atoms with van der Waals surface area (Å²) in [6.45, 7) is 3.60. The average molecular weight is 159 g/mol.